The summed E-state index contributed by atoms with van der Waals surface area (Å²) in [7, 11) is 1.69. The van der Waals surface area contributed by atoms with Gasteiger partial charge in [0.2, 0.25) is 0 Å². The van der Waals surface area contributed by atoms with Crippen molar-refractivity contribution in [2.75, 3.05) is 7.11 Å². The average molecular weight is 235 g/mol. The summed E-state index contributed by atoms with van der Waals surface area (Å²) in [6.45, 7) is 0. The number of hydrogen-bond donors (Lipinski definition) is 2. The van der Waals surface area contributed by atoms with Crippen LogP contribution in [0, 0.1) is 0 Å². The molecule has 2 rings (SSSR count). The Morgan fingerprint density at radius 3 is 2.59 bits per heavy atom. The van der Waals surface area contributed by atoms with Gasteiger partial charge in [0.1, 0.15) is 6.04 Å². The van der Waals surface area contributed by atoms with Gasteiger partial charge in [0.15, 0.2) is 0 Å². The topological polar surface area (TPSA) is 58.6 Å². The van der Waals surface area contributed by atoms with Gasteiger partial charge >= 0.3 is 5.97 Å². The predicted octanol–water partition coefficient (Wildman–Crippen LogP) is 1.58. The molecule has 0 spiro atoms. The summed E-state index contributed by atoms with van der Waals surface area (Å²) in [4.78, 5) is 11.2. The van der Waals surface area contributed by atoms with E-state index in [1.165, 1.54) is 0 Å². The number of rotatable bonds is 5. The number of ether oxygens (including phenoxy) is 1. The van der Waals surface area contributed by atoms with E-state index >= 15 is 0 Å². The standard InChI is InChI=1S/C13H17NO3/c1-17-11-7-10(8-11)14-12(13(15)16)9-5-3-2-4-6-9/h2-6,10-12,14H,7-8H2,1H3,(H,15,16). The smallest absolute Gasteiger partial charge is 0.325 e. The number of benzene rings is 1. The molecule has 1 aromatic carbocycles. The van der Waals surface area contributed by atoms with Crippen molar-refractivity contribution >= 4 is 5.97 Å². The van der Waals surface area contributed by atoms with Gasteiger partial charge in [-0.2, -0.15) is 0 Å². The second-order valence-corrected chi connectivity index (χ2v) is 4.37. The molecule has 4 heteroatoms. The van der Waals surface area contributed by atoms with E-state index in [4.69, 9.17) is 4.74 Å². The Hall–Kier alpha value is -1.39. The maximum atomic E-state index is 11.2. The number of carboxylic acids is 1. The van der Waals surface area contributed by atoms with Crippen LogP contribution in [0.15, 0.2) is 30.3 Å². The minimum Gasteiger partial charge on any atom is -0.480 e. The molecule has 0 saturated heterocycles. The zero-order chi connectivity index (χ0) is 12.3. The summed E-state index contributed by atoms with van der Waals surface area (Å²) < 4.78 is 5.18. The van der Waals surface area contributed by atoms with Crippen LogP contribution in [0.1, 0.15) is 24.4 Å². The quantitative estimate of drug-likeness (QED) is 0.813. The van der Waals surface area contributed by atoms with Crippen LogP contribution in [-0.4, -0.2) is 30.3 Å². The SMILES string of the molecule is COC1CC(NC(C(=O)O)c2ccccc2)C1. The van der Waals surface area contributed by atoms with Crippen LogP contribution in [0.4, 0.5) is 0 Å². The highest BCUT2D eigenvalue weighted by Gasteiger charge is 2.32. The average Bonchev–Trinajstić information content (AvgIpc) is 2.28. The summed E-state index contributed by atoms with van der Waals surface area (Å²) in [5, 5.41) is 12.4. The third kappa shape index (κ3) is 2.84. The second kappa shape index (κ2) is 5.29. The molecule has 0 amide bonds. The van der Waals surface area contributed by atoms with E-state index in [2.05, 4.69) is 5.32 Å². The third-order valence-electron chi connectivity index (χ3n) is 3.21. The van der Waals surface area contributed by atoms with E-state index in [0.717, 1.165) is 18.4 Å². The number of nitrogens with one attached hydrogen (secondary N) is 1. The van der Waals surface area contributed by atoms with E-state index in [0.29, 0.717) is 0 Å². The molecule has 17 heavy (non-hydrogen) atoms. The minimum absolute atomic E-state index is 0.237. The monoisotopic (exact) mass is 235 g/mol. The van der Waals surface area contributed by atoms with Crippen LogP contribution >= 0.6 is 0 Å². The van der Waals surface area contributed by atoms with Crippen molar-refractivity contribution in [3.05, 3.63) is 35.9 Å². The van der Waals surface area contributed by atoms with Gasteiger partial charge < -0.3 is 9.84 Å². The summed E-state index contributed by atoms with van der Waals surface area (Å²) in [5.41, 5.74) is 0.792. The highest BCUT2D eigenvalue weighted by atomic mass is 16.5. The Bertz CT molecular complexity index is 374. The van der Waals surface area contributed by atoms with Crippen LogP contribution in [0.25, 0.3) is 0 Å². The molecule has 92 valence electrons. The van der Waals surface area contributed by atoms with Gasteiger partial charge in [-0.15, -0.1) is 0 Å². The lowest BCUT2D eigenvalue weighted by Crippen LogP contribution is -2.48. The molecule has 4 nitrogen and oxygen atoms in total. The molecule has 0 radical (unpaired) electrons. The lowest BCUT2D eigenvalue weighted by molar-refractivity contribution is -0.140. The van der Waals surface area contributed by atoms with Crippen LogP contribution in [0.2, 0.25) is 0 Å². The second-order valence-electron chi connectivity index (χ2n) is 4.37. The molecule has 2 N–H and O–H groups in total. The molecule has 0 aliphatic heterocycles. The minimum atomic E-state index is -0.836. The van der Waals surface area contributed by atoms with E-state index in [9.17, 15) is 9.90 Å². The van der Waals surface area contributed by atoms with E-state index in [-0.39, 0.29) is 12.1 Å². The van der Waals surface area contributed by atoms with Crippen LogP contribution < -0.4 is 5.32 Å². The fourth-order valence-electron chi connectivity index (χ4n) is 2.09. The van der Waals surface area contributed by atoms with Crippen LogP contribution in [-0.2, 0) is 9.53 Å². The summed E-state index contributed by atoms with van der Waals surface area (Å²) in [6.07, 6.45) is 2.04. The van der Waals surface area contributed by atoms with Gasteiger partial charge in [-0.05, 0) is 18.4 Å². The lowest BCUT2D eigenvalue weighted by atomic mass is 9.88. The van der Waals surface area contributed by atoms with Crippen molar-refractivity contribution in [2.45, 2.75) is 31.0 Å². The first kappa shape index (κ1) is 12.1. The molecule has 0 heterocycles. The van der Waals surface area contributed by atoms with Gasteiger partial charge in [0, 0.05) is 13.2 Å². The van der Waals surface area contributed by atoms with E-state index in [1.807, 2.05) is 30.3 Å². The van der Waals surface area contributed by atoms with Crippen molar-refractivity contribution in [1.82, 2.24) is 5.32 Å². The molecule has 1 aliphatic carbocycles. The summed E-state index contributed by atoms with van der Waals surface area (Å²) in [6, 6.07) is 8.86. The first-order chi connectivity index (χ1) is 8.20. The van der Waals surface area contributed by atoms with Crippen molar-refractivity contribution in [3.8, 4) is 0 Å². The molecular weight excluding hydrogens is 218 g/mol. The van der Waals surface area contributed by atoms with Crippen LogP contribution in [0.3, 0.4) is 0 Å². The molecule has 1 aliphatic rings. The van der Waals surface area contributed by atoms with Crippen molar-refractivity contribution < 1.29 is 14.6 Å². The molecule has 1 unspecified atom stereocenters. The predicted molar refractivity (Wildman–Crippen MR) is 63.8 cm³/mol. The first-order valence-electron chi connectivity index (χ1n) is 5.77. The zero-order valence-corrected chi connectivity index (χ0v) is 9.80. The van der Waals surface area contributed by atoms with Crippen LogP contribution in [0.5, 0.6) is 0 Å². The molecule has 1 atom stereocenters. The highest BCUT2D eigenvalue weighted by Crippen LogP contribution is 2.25. The van der Waals surface area contributed by atoms with Crippen molar-refractivity contribution in [3.63, 3.8) is 0 Å². The van der Waals surface area contributed by atoms with Crippen molar-refractivity contribution in [1.29, 1.82) is 0 Å². The fraction of sp³-hybridized carbons (Fsp3) is 0.462. The molecule has 1 aromatic rings. The highest BCUT2D eigenvalue weighted by molar-refractivity contribution is 5.75. The number of methoxy groups -OCH3 is 1. The van der Waals surface area contributed by atoms with Gasteiger partial charge in [-0.1, -0.05) is 30.3 Å². The van der Waals surface area contributed by atoms with Gasteiger partial charge in [-0.3, -0.25) is 10.1 Å². The molecule has 0 bridgehead atoms. The Kier molecular flexibility index (Phi) is 3.76. The van der Waals surface area contributed by atoms with Gasteiger partial charge in [-0.25, -0.2) is 0 Å². The Morgan fingerprint density at radius 1 is 1.41 bits per heavy atom. The number of hydrogen-bond acceptors (Lipinski definition) is 3. The Labute approximate surface area is 101 Å². The molecule has 1 fully saturated rings. The fourth-order valence-corrected chi connectivity index (χ4v) is 2.09. The van der Waals surface area contributed by atoms with Gasteiger partial charge in [0.25, 0.3) is 0 Å². The van der Waals surface area contributed by atoms with Crippen molar-refractivity contribution in [2.24, 2.45) is 0 Å². The number of carbonyl (C=O) groups is 1. The third-order valence-corrected chi connectivity index (χ3v) is 3.21. The molecule has 1 saturated carbocycles. The van der Waals surface area contributed by atoms with Gasteiger partial charge in [0.05, 0.1) is 6.10 Å². The largest absolute Gasteiger partial charge is 0.480 e. The summed E-state index contributed by atoms with van der Waals surface area (Å²) in [5.74, 6) is -0.836. The normalized spacial score (nSPS) is 25.0. The first-order valence-corrected chi connectivity index (χ1v) is 5.77. The van der Waals surface area contributed by atoms with E-state index in [1.54, 1.807) is 7.11 Å². The number of carboxylic acid groups (broad SMARTS) is 1. The molecule has 0 aromatic heterocycles. The Balaban J connectivity index is 1.98. The molecular formula is C13H17NO3. The maximum Gasteiger partial charge on any atom is 0.325 e. The Morgan fingerprint density at radius 2 is 2.06 bits per heavy atom. The summed E-state index contributed by atoms with van der Waals surface area (Å²) >= 11 is 0. The maximum absolute atomic E-state index is 11.2. The zero-order valence-electron chi connectivity index (χ0n) is 9.80. The lowest BCUT2D eigenvalue weighted by Gasteiger charge is -2.36. The van der Waals surface area contributed by atoms with E-state index < -0.39 is 12.0 Å². The number of aliphatic carboxylic acids is 1.